The van der Waals surface area contributed by atoms with Crippen molar-refractivity contribution in [3.8, 4) is 11.5 Å². The summed E-state index contributed by atoms with van der Waals surface area (Å²) in [6, 6.07) is 7.63. The van der Waals surface area contributed by atoms with Crippen LogP contribution in [0.25, 0.3) is 0 Å². The summed E-state index contributed by atoms with van der Waals surface area (Å²) in [4.78, 5) is 0. The minimum atomic E-state index is 0.330. The van der Waals surface area contributed by atoms with Crippen LogP contribution in [0.5, 0.6) is 11.5 Å². The third kappa shape index (κ3) is 2.55. The Morgan fingerprint density at radius 3 is 2.75 bits per heavy atom. The molecule has 0 aliphatic heterocycles. The summed E-state index contributed by atoms with van der Waals surface area (Å²) in [5.41, 5.74) is 0. The maximum atomic E-state index is 5.87. The molecule has 1 aromatic carbocycles. The molecule has 0 aliphatic carbocycles. The van der Waals surface area contributed by atoms with Crippen LogP contribution >= 0.6 is 11.6 Å². The topological polar surface area (TPSA) is 27.1 Å². The Morgan fingerprint density at radius 2 is 2.12 bits per heavy atom. The van der Waals surface area contributed by atoms with E-state index in [2.05, 4.69) is 18.9 Å². The Hall–Kier alpha value is -1.48. The van der Waals surface area contributed by atoms with Gasteiger partial charge >= 0.3 is 0 Å². The summed E-state index contributed by atoms with van der Waals surface area (Å²) >= 11 is 5.87. The standard InChI is InChI=1S/C12H13ClN2O/c1-9(2)15-8-12(7-14-15)16-11-5-3-4-10(13)6-11/h3-9H,1-2H3. The SMILES string of the molecule is CC(C)n1cc(Oc2cccc(Cl)c2)cn1. The molecule has 0 aliphatic rings. The fraction of sp³-hybridized carbons (Fsp3) is 0.250. The van der Waals surface area contributed by atoms with E-state index < -0.39 is 0 Å². The molecule has 1 heterocycles. The number of halogens is 1. The van der Waals surface area contributed by atoms with Crippen molar-refractivity contribution in [2.75, 3.05) is 0 Å². The lowest BCUT2D eigenvalue weighted by Gasteiger charge is -2.04. The molecule has 0 atom stereocenters. The molecule has 0 unspecified atom stereocenters. The van der Waals surface area contributed by atoms with Gasteiger partial charge in [-0.2, -0.15) is 5.10 Å². The minimum absolute atomic E-state index is 0.330. The fourth-order valence-corrected chi connectivity index (χ4v) is 1.50. The summed E-state index contributed by atoms with van der Waals surface area (Å²) < 4.78 is 7.47. The maximum absolute atomic E-state index is 5.87. The number of aromatic nitrogens is 2. The summed E-state index contributed by atoms with van der Waals surface area (Å²) in [7, 11) is 0. The quantitative estimate of drug-likeness (QED) is 0.808. The molecule has 16 heavy (non-hydrogen) atoms. The van der Waals surface area contributed by atoms with Gasteiger partial charge in [0.25, 0.3) is 0 Å². The van der Waals surface area contributed by atoms with Crippen molar-refractivity contribution in [1.82, 2.24) is 9.78 Å². The first-order valence-electron chi connectivity index (χ1n) is 5.13. The highest BCUT2D eigenvalue weighted by Crippen LogP contribution is 2.24. The minimum Gasteiger partial charge on any atom is -0.454 e. The number of rotatable bonds is 3. The van der Waals surface area contributed by atoms with Crippen molar-refractivity contribution in [2.24, 2.45) is 0 Å². The van der Waals surface area contributed by atoms with Crippen LogP contribution in [0.1, 0.15) is 19.9 Å². The first kappa shape index (κ1) is 11.0. The van der Waals surface area contributed by atoms with Crippen molar-refractivity contribution in [3.63, 3.8) is 0 Å². The monoisotopic (exact) mass is 236 g/mol. The van der Waals surface area contributed by atoms with Gasteiger partial charge in [-0.1, -0.05) is 17.7 Å². The molecule has 2 rings (SSSR count). The molecule has 84 valence electrons. The molecule has 0 N–H and O–H groups in total. The Labute approximate surface area is 99.6 Å². The second-order valence-corrected chi connectivity index (χ2v) is 4.25. The summed E-state index contributed by atoms with van der Waals surface area (Å²) in [6.07, 6.45) is 3.56. The number of hydrogen-bond acceptors (Lipinski definition) is 2. The van der Waals surface area contributed by atoms with Crippen molar-refractivity contribution < 1.29 is 4.74 Å². The Kier molecular flexibility index (Phi) is 3.15. The average molecular weight is 237 g/mol. The van der Waals surface area contributed by atoms with Crippen LogP contribution in [0.15, 0.2) is 36.7 Å². The molecular weight excluding hydrogens is 224 g/mol. The number of hydrogen-bond donors (Lipinski definition) is 0. The van der Waals surface area contributed by atoms with E-state index in [1.54, 1.807) is 12.3 Å². The molecule has 0 amide bonds. The Balaban J connectivity index is 2.14. The molecule has 0 fully saturated rings. The van der Waals surface area contributed by atoms with Gasteiger partial charge in [0.15, 0.2) is 5.75 Å². The van der Waals surface area contributed by atoms with Gasteiger partial charge in [0.05, 0.1) is 12.4 Å². The van der Waals surface area contributed by atoms with E-state index >= 15 is 0 Å². The van der Waals surface area contributed by atoms with Crippen molar-refractivity contribution in [2.45, 2.75) is 19.9 Å². The van der Waals surface area contributed by atoms with E-state index in [0.717, 1.165) is 11.5 Å². The normalized spacial score (nSPS) is 10.8. The molecule has 3 nitrogen and oxygen atoms in total. The third-order valence-corrected chi connectivity index (χ3v) is 2.37. The van der Waals surface area contributed by atoms with Crippen LogP contribution in [-0.2, 0) is 0 Å². The molecule has 2 aromatic rings. The van der Waals surface area contributed by atoms with Crippen LogP contribution in [0, 0.1) is 0 Å². The maximum Gasteiger partial charge on any atom is 0.165 e. The molecule has 4 heteroatoms. The first-order chi connectivity index (χ1) is 7.65. The van der Waals surface area contributed by atoms with Gasteiger partial charge in [-0.15, -0.1) is 0 Å². The molecule has 0 radical (unpaired) electrons. The van der Waals surface area contributed by atoms with E-state index in [1.807, 2.05) is 29.1 Å². The van der Waals surface area contributed by atoms with Crippen LogP contribution in [0.3, 0.4) is 0 Å². The molecule has 0 saturated carbocycles. The highest BCUT2D eigenvalue weighted by molar-refractivity contribution is 6.30. The zero-order chi connectivity index (χ0) is 11.5. The van der Waals surface area contributed by atoms with E-state index in [1.165, 1.54) is 0 Å². The van der Waals surface area contributed by atoms with Crippen LogP contribution in [-0.4, -0.2) is 9.78 Å². The molecule has 0 saturated heterocycles. The van der Waals surface area contributed by atoms with E-state index in [0.29, 0.717) is 11.1 Å². The smallest absolute Gasteiger partial charge is 0.165 e. The lowest BCUT2D eigenvalue weighted by Crippen LogP contribution is -1.99. The van der Waals surface area contributed by atoms with Crippen molar-refractivity contribution in [3.05, 3.63) is 41.7 Å². The predicted molar refractivity (Wildman–Crippen MR) is 64.1 cm³/mol. The van der Waals surface area contributed by atoms with E-state index in [9.17, 15) is 0 Å². The van der Waals surface area contributed by atoms with Gasteiger partial charge in [-0.05, 0) is 32.0 Å². The van der Waals surface area contributed by atoms with Gasteiger partial charge < -0.3 is 4.74 Å². The third-order valence-electron chi connectivity index (χ3n) is 2.14. The second kappa shape index (κ2) is 4.58. The number of nitrogens with zero attached hydrogens (tertiary/aromatic N) is 2. The van der Waals surface area contributed by atoms with Crippen molar-refractivity contribution >= 4 is 11.6 Å². The lowest BCUT2D eigenvalue weighted by atomic mass is 10.3. The summed E-state index contributed by atoms with van der Waals surface area (Å²) in [5, 5.41) is 4.85. The Morgan fingerprint density at radius 1 is 1.31 bits per heavy atom. The summed E-state index contributed by atoms with van der Waals surface area (Å²) in [5.74, 6) is 1.44. The molecule has 0 bridgehead atoms. The lowest BCUT2D eigenvalue weighted by molar-refractivity contribution is 0.477. The fourth-order valence-electron chi connectivity index (χ4n) is 1.32. The summed E-state index contributed by atoms with van der Waals surface area (Å²) in [6.45, 7) is 4.13. The number of ether oxygens (including phenoxy) is 1. The van der Waals surface area contributed by atoms with Crippen molar-refractivity contribution in [1.29, 1.82) is 0 Å². The largest absolute Gasteiger partial charge is 0.454 e. The molecule has 1 aromatic heterocycles. The van der Waals surface area contributed by atoms with E-state index in [-0.39, 0.29) is 0 Å². The number of benzene rings is 1. The molecular formula is C12H13ClN2O. The van der Waals surface area contributed by atoms with Gasteiger partial charge in [-0.3, -0.25) is 4.68 Å². The first-order valence-corrected chi connectivity index (χ1v) is 5.50. The highest BCUT2D eigenvalue weighted by atomic mass is 35.5. The molecule has 0 spiro atoms. The predicted octanol–water partition coefficient (Wildman–Crippen LogP) is 3.91. The van der Waals surface area contributed by atoms with Crippen LogP contribution in [0.4, 0.5) is 0 Å². The van der Waals surface area contributed by atoms with Gasteiger partial charge in [0.2, 0.25) is 0 Å². The zero-order valence-electron chi connectivity index (χ0n) is 9.22. The van der Waals surface area contributed by atoms with E-state index in [4.69, 9.17) is 16.3 Å². The second-order valence-electron chi connectivity index (χ2n) is 3.81. The zero-order valence-corrected chi connectivity index (χ0v) is 9.98. The van der Waals surface area contributed by atoms with Gasteiger partial charge in [0, 0.05) is 11.1 Å². The van der Waals surface area contributed by atoms with Crippen LogP contribution in [0.2, 0.25) is 5.02 Å². The average Bonchev–Trinajstić information content (AvgIpc) is 2.66. The van der Waals surface area contributed by atoms with Gasteiger partial charge in [0.1, 0.15) is 5.75 Å². The Bertz CT molecular complexity index is 479. The van der Waals surface area contributed by atoms with Crippen LogP contribution < -0.4 is 4.74 Å². The van der Waals surface area contributed by atoms with Gasteiger partial charge in [-0.25, -0.2) is 0 Å². The highest BCUT2D eigenvalue weighted by Gasteiger charge is 2.03.